The molecule has 2 aromatic heterocycles. The van der Waals surface area contributed by atoms with Crippen LogP contribution in [0.4, 0.5) is 0 Å². The summed E-state index contributed by atoms with van der Waals surface area (Å²) in [5.74, 6) is 1.07. The van der Waals surface area contributed by atoms with Crippen molar-refractivity contribution in [2.45, 2.75) is 31.6 Å². The minimum atomic E-state index is -0.130. The SMILES string of the molecule is O=C(Cc1ccc(Cc2cc(C3CC3)nc(-c3cccc(Cl)c3)n2)nc1)NCCO. The summed E-state index contributed by atoms with van der Waals surface area (Å²) in [4.78, 5) is 25.8. The van der Waals surface area contributed by atoms with E-state index in [1.54, 1.807) is 6.20 Å². The summed E-state index contributed by atoms with van der Waals surface area (Å²) in [5, 5.41) is 12.1. The molecule has 1 amide bonds. The highest BCUT2D eigenvalue weighted by Gasteiger charge is 2.26. The maximum absolute atomic E-state index is 11.8. The molecule has 2 N–H and O–H groups in total. The lowest BCUT2D eigenvalue weighted by Crippen LogP contribution is -2.27. The number of carbonyl (C=O) groups excluding carboxylic acids is 1. The zero-order valence-electron chi connectivity index (χ0n) is 16.5. The number of nitrogens with zero attached hydrogens (tertiary/aromatic N) is 3. The second-order valence-corrected chi connectivity index (χ2v) is 7.91. The van der Waals surface area contributed by atoms with Crippen molar-refractivity contribution < 1.29 is 9.90 Å². The first-order valence-corrected chi connectivity index (χ1v) is 10.4. The standard InChI is InChI=1S/C23H23ClN4O2/c24-18-3-1-2-17(11-18)23-27-20(13-21(28-23)16-5-6-16)12-19-7-4-15(14-26-19)10-22(30)25-8-9-29/h1-4,7,11,13-14,16,29H,5-6,8-10,12H2,(H,25,30). The zero-order valence-corrected chi connectivity index (χ0v) is 17.3. The van der Waals surface area contributed by atoms with Crippen molar-refractivity contribution in [3.63, 3.8) is 0 Å². The maximum Gasteiger partial charge on any atom is 0.224 e. The molecule has 4 rings (SSSR count). The summed E-state index contributed by atoms with van der Waals surface area (Å²) in [6.07, 6.45) is 4.88. The molecular formula is C23H23ClN4O2. The quantitative estimate of drug-likeness (QED) is 0.581. The van der Waals surface area contributed by atoms with Gasteiger partial charge < -0.3 is 10.4 Å². The number of carbonyl (C=O) groups is 1. The van der Waals surface area contributed by atoms with E-state index in [2.05, 4.69) is 16.4 Å². The highest BCUT2D eigenvalue weighted by Crippen LogP contribution is 2.39. The van der Waals surface area contributed by atoms with Gasteiger partial charge in [0.05, 0.1) is 18.7 Å². The first kappa shape index (κ1) is 20.4. The molecule has 30 heavy (non-hydrogen) atoms. The number of rotatable bonds is 8. The summed E-state index contributed by atoms with van der Waals surface area (Å²) < 4.78 is 0. The van der Waals surface area contributed by atoms with Crippen LogP contribution in [0.3, 0.4) is 0 Å². The summed E-state index contributed by atoms with van der Waals surface area (Å²) in [5.41, 5.74) is 4.61. The Hall–Kier alpha value is -2.83. The van der Waals surface area contributed by atoms with Gasteiger partial charge in [0, 0.05) is 47.1 Å². The van der Waals surface area contributed by atoms with Crippen molar-refractivity contribution in [2.75, 3.05) is 13.2 Å². The molecule has 0 spiro atoms. The average molecular weight is 423 g/mol. The van der Waals surface area contributed by atoms with Crippen molar-refractivity contribution >= 4 is 17.5 Å². The fourth-order valence-corrected chi connectivity index (χ4v) is 3.44. The van der Waals surface area contributed by atoms with Gasteiger partial charge in [0.15, 0.2) is 5.82 Å². The number of benzene rings is 1. The molecule has 1 fully saturated rings. The van der Waals surface area contributed by atoms with Gasteiger partial charge in [-0.15, -0.1) is 0 Å². The van der Waals surface area contributed by atoms with E-state index in [9.17, 15) is 4.79 Å². The maximum atomic E-state index is 11.8. The predicted octanol–water partition coefficient (Wildman–Crippen LogP) is 3.31. The van der Waals surface area contributed by atoms with Gasteiger partial charge in [0.2, 0.25) is 5.91 Å². The second-order valence-electron chi connectivity index (χ2n) is 7.48. The van der Waals surface area contributed by atoms with Crippen LogP contribution in [0, 0.1) is 0 Å². The number of pyridine rings is 1. The molecule has 2 heterocycles. The van der Waals surface area contributed by atoms with Crippen molar-refractivity contribution in [1.29, 1.82) is 0 Å². The predicted molar refractivity (Wildman–Crippen MR) is 115 cm³/mol. The Morgan fingerprint density at radius 1 is 1.13 bits per heavy atom. The Bertz CT molecular complexity index is 1040. The van der Waals surface area contributed by atoms with Gasteiger partial charge in [0.1, 0.15) is 0 Å². The monoisotopic (exact) mass is 422 g/mol. The van der Waals surface area contributed by atoms with Gasteiger partial charge in [-0.3, -0.25) is 9.78 Å². The van der Waals surface area contributed by atoms with Crippen LogP contribution in [-0.4, -0.2) is 39.1 Å². The normalized spacial score (nSPS) is 13.3. The fourth-order valence-electron chi connectivity index (χ4n) is 3.25. The zero-order chi connectivity index (χ0) is 20.9. The molecule has 0 bridgehead atoms. The van der Waals surface area contributed by atoms with Gasteiger partial charge in [-0.1, -0.05) is 29.8 Å². The Morgan fingerprint density at radius 3 is 2.70 bits per heavy atom. The van der Waals surface area contributed by atoms with Crippen LogP contribution in [-0.2, 0) is 17.6 Å². The molecule has 0 saturated heterocycles. The number of aliphatic hydroxyl groups excluding tert-OH is 1. The number of aromatic nitrogens is 3. The molecule has 0 atom stereocenters. The van der Waals surface area contributed by atoms with E-state index in [1.165, 1.54) is 0 Å². The first-order valence-electron chi connectivity index (χ1n) is 10.1. The molecule has 3 aromatic rings. The molecule has 7 heteroatoms. The van der Waals surface area contributed by atoms with Gasteiger partial charge in [-0.25, -0.2) is 9.97 Å². The van der Waals surface area contributed by atoms with Crippen molar-refractivity contribution in [2.24, 2.45) is 0 Å². The second kappa shape index (κ2) is 9.32. The van der Waals surface area contributed by atoms with Crippen LogP contribution >= 0.6 is 11.6 Å². The summed E-state index contributed by atoms with van der Waals surface area (Å²) >= 11 is 6.15. The molecule has 0 aliphatic heterocycles. The van der Waals surface area contributed by atoms with Crippen molar-refractivity contribution in [3.8, 4) is 11.4 Å². The van der Waals surface area contributed by atoms with Crippen LogP contribution in [0.25, 0.3) is 11.4 Å². The van der Waals surface area contributed by atoms with Crippen LogP contribution in [0.1, 0.15) is 41.4 Å². The molecule has 0 radical (unpaired) electrons. The van der Waals surface area contributed by atoms with Crippen LogP contribution in [0.5, 0.6) is 0 Å². The number of hydrogen-bond acceptors (Lipinski definition) is 5. The molecular weight excluding hydrogens is 400 g/mol. The van der Waals surface area contributed by atoms with E-state index in [4.69, 9.17) is 26.7 Å². The molecule has 154 valence electrons. The van der Waals surface area contributed by atoms with E-state index in [0.29, 0.717) is 23.2 Å². The number of hydrogen-bond donors (Lipinski definition) is 2. The Labute approximate surface area is 180 Å². The van der Waals surface area contributed by atoms with Gasteiger partial charge in [-0.05, 0) is 42.7 Å². The van der Waals surface area contributed by atoms with E-state index >= 15 is 0 Å². The first-order chi connectivity index (χ1) is 14.6. The van der Waals surface area contributed by atoms with E-state index < -0.39 is 0 Å². The van der Waals surface area contributed by atoms with E-state index in [0.717, 1.165) is 41.1 Å². The summed E-state index contributed by atoms with van der Waals surface area (Å²) in [6, 6.07) is 13.5. The molecule has 1 aromatic carbocycles. The number of aliphatic hydroxyl groups is 1. The highest BCUT2D eigenvalue weighted by atomic mass is 35.5. The molecule has 6 nitrogen and oxygen atoms in total. The van der Waals surface area contributed by atoms with Gasteiger partial charge in [0.25, 0.3) is 0 Å². The molecule has 1 saturated carbocycles. The smallest absolute Gasteiger partial charge is 0.224 e. The van der Waals surface area contributed by atoms with E-state index in [-0.39, 0.29) is 25.5 Å². The third-order valence-electron chi connectivity index (χ3n) is 4.92. The molecule has 0 unspecified atom stereocenters. The van der Waals surface area contributed by atoms with E-state index in [1.807, 2.05) is 36.4 Å². The lowest BCUT2D eigenvalue weighted by atomic mass is 10.1. The van der Waals surface area contributed by atoms with Gasteiger partial charge in [-0.2, -0.15) is 0 Å². The Kier molecular flexibility index (Phi) is 6.35. The summed E-state index contributed by atoms with van der Waals surface area (Å²) in [7, 11) is 0. The summed E-state index contributed by atoms with van der Waals surface area (Å²) in [6.45, 7) is 0.193. The lowest BCUT2D eigenvalue weighted by Gasteiger charge is -2.09. The molecule has 1 aliphatic rings. The topological polar surface area (TPSA) is 88.0 Å². The minimum Gasteiger partial charge on any atom is -0.395 e. The fraction of sp³-hybridized carbons (Fsp3) is 0.304. The largest absolute Gasteiger partial charge is 0.395 e. The highest BCUT2D eigenvalue weighted by molar-refractivity contribution is 6.30. The molecule has 1 aliphatic carbocycles. The van der Waals surface area contributed by atoms with Crippen molar-refractivity contribution in [3.05, 3.63) is 76.3 Å². The van der Waals surface area contributed by atoms with Crippen molar-refractivity contribution in [1.82, 2.24) is 20.3 Å². The third kappa shape index (κ3) is 5.40. The number of amides is 1. The average Bonchev–Trinajstić information content (AvgIpc) is 3.59. The number of halogens is 1. The third-order valence-corrected chi connectivity index (χ3v) is 5.16. The van der Waals surface area contributed by atoms with Crippen LogP contribution < -0.4 is 5.32 Å². The van der Waals surface area contributed by atoms with Gasteiger partial charge >= 0.3 is 0 Å². The minimum absolute atomic E-state index is 0.0676. The number of nitrogens with one attached hydrogen (secondary N) is 1. The Morgan fingerprint density at radius 2 is 2.00 bits per heavy atom. The lowest BCUT2D eigenvalue weighted by molar-refractivity contribution is -0.120. The Balaban J connectivity index is 1.52. The van der Waals surface area contributed by atoms with Crippen LogP contribution in [0.2, 0.25) is 5.02 Å². The van der Waals surface area contributed by atoms with Crippen LogP contribution in [0.15, 0.2) is 48.7 Å².